The third kappa shape index (κ3) is 4.66. The van der Waals surface area contributed by atoms with Gasteiger partial charge in [0, 0.05) is 11.6 Å². The van der Waals surface area contributed by atoms with Crippen molar-refractivity contribution in [2.45, 2.75) is 19.8 Å². The summed E-state index contributed by atoms with van der Waals surface area (Å²) >= 11 is 0. The second kappa shape index (κ2) is 8.39. The molecule has 0 aliphatic rings. The van der Waals surface area contributed by atoms with Gasteiger partial charge in [-0.2, -0.15) is 0 Å². The van der Waals surface area contributed by atoms with Crippen LogP contribution in [0.25, 0.3) is 11.5 Å². The summed E-state index contributed by atoms with van der Waals surface area (Å²) in [7, 11) is 0. The Hall–Kier alpha value is -3.29. The third-order valence-corrected chi connectivity index (χ3v) is 3.67. The molecule has 1 amide bonds. The van der Waals surface area contributed by atoms with Crippen LogP contribution < -0.4 is 10.1 Å². The van der Waals surface area contributed by atoms with E-state index in [1.54, 1.807) is 24.3 Å². The molecule has 0 fully saturated rings. The van der Waals surface area contributed by atoms with Crippen LogP contribution in [0.3, 0.4) is 0 Å². The fourth-order valence-electron chi connectivity index (χ4n) is 2.28. The van der Waals surface area contributed by atoms with E-state index < -0.39 is 17.5 Å². The number of nitrogens with zero attached hydrogens (tertiary/aromatic N) is 2. The number of unbranched alkanes of at least 4 members (excludes halogenated alkanes) is 1. The SMILES string of the molecule is CCCCOc1cccc(C(=O)Nc2nnc(-c3ccc(F)cc3F)o2)c1. The summed E-state index contributed by atoms with van der Waals surface area (Å²) in [6.45, 7) is 2.63. The highest BCUT2D eigenvalue weighted by Crippen LogP contribution is 2.24. The number of aromatic nitrogens is 2. The zero-order valence-electron chi connectivity index (χ0n) is 14.5. The van der Waals surface area contributed by atoms with Crippen molar-refractivity contribution in [3.63, 3.8) is 0 Å². The molecule has 0 saturated carbocycles. The van der Waals surface area contributed by atoms with Gasteiger partial charge >= 0.3 is 6.01 Å². The Kier molecular flexibility index (Phi) is 5.75. The zero-order chi connectivity index (χ0) is 19.2. The van der Waals surface area contributed by atoms with Crippen LogP contribution in [-0.2, 0) is 0 Å². The highest BCUT2D eigenvalue weighted by molar-refractivity contribution is 6.03. The van der Waals surface area contributed by atoms with E-state index in [9.17, 15) is 13.6 Å². The molecule has 3 aromatic rings. The molecule has 0 radical (unpaired) electrons. The van der Waals surface area contributed by atoms with Gasteiger partial charge in [0.1, 0.15) is 17.4 Å². The van der Waals surface area contributed by atoms with Crippen LogP contribution >= 0.6 is 0 Å². The van der Waals surface area contributed by atoms with Gasteiger partial charge in [0.05, 0.1) is 12.2 Å². The highest BCUT2D eigenvalue weighted by Gasteiger charge is 2.16. The Morgan fingerprint density at radius 2 is 2.04 bits per heavy atom. The average Bonchev–Trinajstić information content (AvgIpc) is 3.10. The number of amides is 1. The molecule has 0 aliphatic heterocycles. The Bertz CT molecular complexity index is 943. The zero-order valence-corrected chi connectivity index (χ0v) is 14.5. The second-order valence-electron chi connectivity index (χ2n) is 5.72. The Morgan fingerprint density at radius 1 is 1.19 bits per heavy atom. The Morgan fingerprint density at radius 3 is 2.81 bits per heavy atom. The highest BCUT2D eigenvalue weighted by atomic mass is 19.1. The Balaban J connectivity index is 1.70. The van der Waals surface area contributed by atoms with Crippen molar-refractivity contribution in [1.82, 2.24) is 10.2 Å². The molecule has 2 aromatic carbocycles. The average molecular weight is 373 g/mol. The first kappa shape index (κ1) is 18.5. The van der Waals surface area contributed by atoms with Crippen LogP contribution in [0.2, 0.25) is 0 Å². The number of carbonyl (C=O) groups excluding carboxylic acids is 1. The van der Waals surface area contributed by atoms with Crippen LogP contribution in [-0.4, -0.2) is 22.7 Å². The normalized spacial score (nSPS) is 10.6. The van der Waals surface area contributed by atoms with Crippen LogP contribution in [0.5, 0.6) is 5.75 Å². The summed E-state index contributed by atoms with van der Waals surface area (Å²) < 4.78 is 37.6. The summed E-state index contributed by atoms with van der Waals surface area (Å²) in [4.78, 5) is 12.3. The lowest BCUT2D eigenvalue weighted by molar-refractivity contribution is 0.102. The number of halogens is 2. The van der Waals surface area contributed by atoms with E-state index in [0.717, 1.165) is 18.9 Å². The number of anilines is 1. The number of nitrogens with one attached hydrogen (secondary N) is 1. The maximum atomic E-state index is 13.8. The molecule has 6 nitrogen and oxygen atoms in total. The molecule has 1 N–H and O–H groups in total. The molecule has 1 aromatic heterocycles. The van der Waals surface area contributed by atoms with Crippen LogP contribution in [0.15, 0.2) is 46.9 Å². The van der Waals surface area contributed by atoms with Crippen molar-refractivity contribution in [3.05, 3.63) is 59.7 Å². The number of hydrogen-bond donors (Lipinski definition) is 1. The quantitative estimate of drug-likeness (QED) is 0.619. The number of hydrogen-bond acceptors (Lipinski definition) is 5. The standard InChI is InChI=1S/C19H17F2N3O3/c1-2-3-9-26-14-6-4-5-12(10-14)17(25)22-19-24-23-18(27-19)15-8-7-13(20)11-16(15)21/h4-8,10-11H,2-3,9H2,1H3,(H,22,24,25). The molecule has 0 atom stereocenters. The number of carbonyl (C=O) groups is 1. The lowest BCUT2D eigenvalue weighted by atomic mass is 10.2. The van der Waals surface area contributed by atoms with Gasteiger partial charge in [0.25, 0.3) is 11.8 Å². The minimum absolute atomic E-state index is 0.0595. The number of rotatable bonds is 7. The lowest BCUT2D eigenvalue weighted by Crippen LogP contribution is -2.12. The van der Waals surface area contributed by atoms with Crippen molar-refractivity contribution in [1.29, 1.82) is 0 Å². The van der Waals surface area contributed by atoms with Gasteiger partial charge in [0.2, 0.25) is 0 Å². The number of ether oxygens (including phenoxy) is 1. The van der Waals surface area contributed by atoms with Crippen molar-refractivity contribution >= 4 is 11.9 Å². The van der Waals surface area contributed by atoms with Crippen molar-refractivity contribution in [3.8, 4) is 17.2 Å². The molecule has 3 rings (SSSR count). The summed E-state index contributed by atoms with van der Waals surface area (Å²) in [6.07, 6.45) is 1.93. The van der Waals surface area contributed by atoms with Gasteiger partial charge in [-0.15, -0.1) is 5.10 Å². The third-order valence-electron chi connectivity index (χ3n) is 3.67. The summed E-state index contributed by atoms with van der Waals surface area (Å²) in [5.41, 5.74) is 0.285. The minimum Gasteiger partial charge on any atom is -0.494 e. The van der Waals surface area contributed by atoms with E-state index in [0.29, 0.717) is 24.0 Å². The predicted molar refractivity (Wildman–Crippen MR) is 94.4 cm³/mol. The molecule has 27 heavy (non-hydrogen) atoms. The molecule has 1 heterocycles. The largest absolute Gasteiger partial charge is 0.494 e. The van der Waals surface area contributed by atoms with Crippen molar-refractivity contribution < 1.29 is 22.7 Å². The van der Waals surface area contributed by atoms with Gasteiger partial charge in [-0.1, -0.05) is 24.5 Å². The molecule has 140 valence electrons. The maximum absolute atomic E-state index is 13.8. The molecule has 0 unspecified atom stereocenters. The van der Waals surface area contributed by atoms with E-state index in [4.69, 9.17) is 9.15 Å². The van der Waals surface area contributed by atoms with Gasteiger partial charge in [-0.05, 0) is 36.8 Å². The van der Waals surface area contributed by atoms with Crippen LogP contribution in [0, 0.1) is 11.6 Å². The first-order valence-electron chi connectivity index (χ1n) is 8.40. The van der Waals surface area contributed by atoms with Crippen LogP contribution in [0.1, 0.15) is 30.1 Å². The van der Waals surface area contributed by atoms with Gasteiger partial charge in [-0.3, -0.25) is 10.1 Å². The van der Waals surface area contributed by atoms with E-state index in [1.807, 2.05) is 0 Å². The molecule has 0 aliphatic carbocycles. The second-order valence-corrected chi connectivity index (χ2v) is 5.72. The van der Waals surface area contributed by atoms with Gasteiger partial charge in [-0.25, -0.2) is 8.78 Å². The van der Waals surface area contributed by atoms with E-state index in [1.165, 1.54) is 6.07 Å². The molecule has 0 spiro atoms. The van der Waals surface area contributed by atoms with E-state index in [2.05, 4.69) is 22.4 Å². The predicted octanol–water partition coefficient (Wildman–Crippen LogP) is 4.45. The summed E-state index contributed by atoms with van der Waals surface area (Å²) in [6, 6.07) is 9.43. The molecular weight excluding hydrogens is 356 g/mol. The van der Waals surface area contributed by atoms with Crippen molar-refractivity contribution in [2.75, 3.05) is 11.9 Å². The number of benzene rings is 2. The smallest absolute Gasteiger partial charge is 0.322 e. The van der Waals surface area contributed by atoms with Gasteiger partial charge < -0.3 is 9.15 Å². The topological polar surface area (TPSA) is 77.2 Å². The van der Waals surface area contributed by atoms with Crippen LogP contribution in [0.4, 0.5) is 14.8 Å². The van der Waals surface area contributed by atoms with E-state index in [-0.39, 0.29) is 17.5 Å². The fraction of sp³-hybridized carbons (Fsp3) is 0.211. The first-order chi connectivity index (χ1) is 13.1. The van der Waals surface area contributed by atoms with Crippen molar-refractivity contribution in [2.24, 2.45) is 0 Å². The lowest BCUT2D eigenvalue weighted by Gasteiger charge is -2.07. The summed E-state index contributed by atoms with van der Waals surface area (Å²) in [5, 5.41) is 9.78. The summed E-state index contributed by atoms with van der Waals surface area (Å²) in [5.74, 6) is -1.63. The molecule has 0 saturated heterocycles. The molecule has 8 heteroatoms. The van der Waals surface area contributed by atoms with Gasteiger partial charge in [0.15, 0.2) is 0 Å². The first-order valence-corrected chi connectivity index (χ1v) is 8.40. The van der Waals surface area contributed by atoms with E-state index >= 15 is 0 Å². The minimum atomic E-state index is -0.839. The maximum Gasteiger partial charge on any atom is 0.322 e. The molecule has 0 bridgehead atoms. The fourth-order valence-corrected chi connectivity index (χ4v) is 2.28. The molecular formula is C19H17F2N3O3. The monoisotopic (exact) mass is 373 g/mol. The Labute approximate surface area is 154 Å².